The van der Waals surface area contributed by atoms with Crippen molar-refractivity contribution in [1.82, 2.24) is 0 Å². The summed E-state index contributed by atoms with van der Waals surface area (Å²) in [6.07, 6.45) is 16.8. The summed E-state index contributed by atoms with van der Waals surface area (Å²) in [5.41, 5.74) is 0. The molecule has 5 nitrogen and oxygen atoms in total. The summed E-state index contributed by atoms with van der Waals surface area (Å²) in [5, 5.41) is 8.11. The number of unbranched alkanes of at least 4 members (excludes halogenated alkanes) is 13. The molecular weight excluding hydrogens is 492 g/mol. The second kappa shape index (κ2) is 16.3. The van der Waals surface area contributed by atoms with Crippen LogP contribution >= 0.6 is 0 Å². The zero-order chi connectivity index (χ0) is 27.9. The number of quaternary nitrogens is 1. The minimum atomic E-state index is -6.44. The molecule has 0 aliphatic carbocycles. The number of carboxylic acids is 1. The topological polar surface area (TPSA) is 63.6 Å². The van der Waals surface area contributed by atoms with Crippen molar-refractivity contribution in [2.45, 2.75) is 115 Å². The Labute approximate surface area is 211 Å². The van der Waals surface area contributed by atoms with Gasteiger partial charge in [0.05, 0.1) is 20.6 Å². The van der Waals surface area contributed by atoms with Gasteiger partial charge >= 0.3 is 29.7 Å². The van der Waals surface area contributed by atoms with Crippen LogP contribution in [0.4, 0.5) is 26.3 Å². The number of aliphatic carboxylic acids is 1. The highest BCUT2D eigenvalue weighted by Gasteiger charge is 2.79. The van der Waals surface area contributed by atoms with E-state index in [1.165, 1.54) is 64.2 Å². The zero-order valence-electron chi connectivity index (χ0n) is 21.9. The highest BCUT2D eigenvalue weighted by molar-refractivity contribution is 5.83. The van der Waals surface area contributed by atoms with Crippen LogP contribution in [0.25, 0.3) is 0 Å². The summed E-state index contributed by atoms with van der Waals surface area (Å²) in [4.78, 5) is 21.6. The number of carbonyl (C=O) groups is 2. The molecule has 0 atom stereocenters. The summed E-state index contributed by atoms with van der Waals surface area (Å²) in [6.45, 7) is 2.14. The average molecular weight is 537 g/mol. The monoisotopic (exact) mass is 536 g/mol. The first-order valence-electron chi connectivity index (χ1n) is 13.0. The van der Waals surface area contributed by atoms with E-state index in [1.807, 2.05) is 0 Å². The molecule has 0 aliphatic heterocycles. The Morgan fingerprint density at radius 3 is 1.44 bits per heavy atom. The molecule has 0 saturated heterocycles. The van der Waals surface area contributed by atoms with Gasteiger partial charge in [0.2, 0.25) is 0 Å². The van der Waals surface area contributed by atoms with Gasteiger partial charge in [0.15, 0.2) is 0 Å². The fraction of sp³-hybridized carbons (Fsp3) is 0.920. The number of hydrogen-bond donors (Lipinski definition) is 1. The standard InChI is InChI=1S/C25H43F6NO4/c1-4-5-6-7-8-9-10-11-12-13-14-15-16-17-18-32(2,3)19-20-36-22(35)24(28,29)25(30,31)23(26,27)21(33)34/h4-20H2,1-3H3/p+1. The van der Waals surface area contributed by atoms with Crippen LogP contribution in [-0.4, -0.2) is 73.1 Å². The number of carboxylic acid groups (broad SMARTS) is 1. The molecule has 0 unspecified atom stereocenters. The van der Waals surface area contributed by atoms with Gasteiger partial charge in [-0.25, -0.2) is 9.59 Å². The Kier molecular flexibility index (Phi) is 15.7. The van der Waals surface area contributed by atoms with E-state index in [-0.39, 0.29) is 11.0 Å². The predicted octanol–water partition coefficient (Wildman–Crippen LogP) is 7.08. The van der Waals surface area contributed by atoms with Crippen molar-refractivity contribution in [3.05, 3.63) is 0 Å². The first-order chi connectivity index (χ1) is 16.6. The normalized spacial score (nSPS) is 13.1. The number of rotatable bonds is 22. The van der Waals surface area contributed by atoms with Gasteiger partial charge in [0.1, 0.15) is 13.2 Å². The van der Waals surface area contributed by atoms with Crippen molar-refractivity contribution in [3.63, 3.8) is 0 Å². The van der Waals surface area contributed by atoms with Gasteiger partial charge in [-0.3, -0.25) is 0 Å². The minimum absolute atomic E-state index is 0.00115. The Hall–Kier alpha value is -1.52. The number of esters is 1. The van der Waals surface area contributed by atoms with E-state index >= 15 is 0 Å². The molecule has 0 bridgehead atoms. The number of hydrogen-bond acceptors (Lipinski definition) is 3. The molecule has 0 saturated carbocycles. The van der Waals surface area contributed by atoms with E-state index in [0.717, 1.165) is 25.7 Å². The van der Waals surface area contributed by atoms with Crippen molar-refractivity contribution in [2.24, 2.45) is 0 Å². The van der Waals surface area contributed by atoms with E-state index in [0.29, 0.717) is 6.54 Å². The molecule has 0 aromatic carbocycles. The Morgan fingerprint density at radius 2 is 1.06 bits per heavy atom. The molecule has 0 rings (SSSR count). The maximum atomic E-state index is 13.6. The Morgan fingerprint density at radius 1 is 0.667 bits per heavy atom. The third-order valence-corrected chi connectivity index (χ3v) is 6.36. The van der Waals surface area contributed by atoms with Crippen LogP contribution in [0.3, 0.4) is 0 Å². The van der Waals surface area contributed by atoms with Gasteiger partial charge in [-0.2, -0.15) is 26.3 Å². The zero-order valence-corrected chi connectivity index (χ0v) is 21.9. The van der Waals surface area contributed by atoms with E-state index in [1.54, 1.807) is 14.1 Å². The van der Waals surface area contributed by atoms with Gasteiger partial charge in [-0.1, -0.05) is 84.0 Å². The summed E-state index contributed by atoms with van der Waals surface area (Å²) >= 11 is 0. The van der Waals surface area contributed by atoms with Crippen molar-refractivity contribution < 1.29 is 50.3 Å². The van der Waals surface area contributed by atoms with Crippen LogP contribution in [0, 0.1) is 0 Å². The number of ether oxygens (including phenoxy) is 1. The lowest BCUT2D eigenvalue weighted by molar-refractivity contribution is -0.890. The van der Waals surface area contributed by atoms with E-state index in [9.17, 15) is 35.9 Å². The molecule has 0 aromatic rings. The molecule has 1 N–H and O–H groups in total. The molecule has 11 heteroatoms. The van der Waals surface area contributed by atoms with Crippen LogP contribution < -0.4 is 0 Å². The van der Waals surface area contributed by atoms with Gasteiger partial charge in [-0.15, -0.1) is 0 Å². The van der Waals surface area contributed by atoms with Gasteiger partial charge in [0, 0.05) is 0 Å². The third kappa shape index (κ3) is 11.7. The second-order valence-corrected chi connectivity index (χ2v) is 10.1. The van der Waals surface area contributed by atoms with Crippen molar-refractivity contribution in [1.29, 1.82) is 0 Å². The second-order valence-electron chi connectivity index (χ2n) is 10.1. The molecule has 0 radical (unpaired) electrons. The smallest absolute Gasteiger partial charge is 0.411 e. The molecule has 214 valence electrons. The van der Waals surface area contributed by atoms with Crippen LogP contribution in [0.5, 0.6) is 0 Å². The predicted molar refractivity (Wildman–Crippen MR) is 126 cm³/mol. The number of carbonyl (C=O) groups excluding carboxylic acids is 1. The lowest BCUT2D eigenvalue weighted by Gasteiger charge is -2.31. The molecule has 0 aromatic heterocycles. The van der Waals surface area contributed by atoms with Crippen molar-refractivity contribution in [2.75, 3.05) is 33.8 Å². The molecule has 36 heavy (non-hydrogen) atoms. The van der Waals surface area contributed by atoms with Crippen molar-refractivity contribution in [3.8, 4) is 0 Å². The van der Waals surface area contributed by atoms with Crippen LogP contribution in [-0.2, 0) is 14.3 Å². The fourth-order valence-electron chi connectivity index (χ4n) is 3.78. The maximum absolute atomic E-state index is 13.6. The van der Waals surface area contributed by atoms with E-state index < -0.39 is 36.3 Å². The summed E-state index contributed by atoms with van der Waals surface area (Å²) in [6, 6.07) is 0. The number of likely N-dealkylation sites (N-methyl/N-ethyl adjacent to an activating group) is 1. The highest BCUT2D eigenvalue weighted by Crippen LogP contribution is 2.46. The van der Waals surface area contributed by atoms with E-state index in [2.05, 4.69) is 11.7 Å². The lowest BCUT2D eigenvalue weighted by atomic mass is 10.0. The van der Waals surface area contributed by atoms with Crippen molar-refractivity contribution >= 4 is 11.9 Å². The molecule has 0 fully saturated rings. The van der Waals surface area contributed by atoms with Crippen LogP contribution in [0.1, 0.15) is 96.8 Å². The van der Waals surface area contributed by atoms with Gasteiger partial charge in [-0.05, 0) is 12.8 Å². The number of nitrogens with zero attached hydrogens (tertiary/aromatic N) is 1. The molecule has 0 spiro atoms. The fourth-order valence-corrected chi connectivity index (χ4v) is 3.78. The summed E-state index contributed by atoms with van der Waals surface area (Å²) in [7, 11) is 3.48. The number of alkyl halides is 6. The average Bonchev–Trinajstić information content (AvgIpc) is 2.78. The van der Waals surface area contributed by atoms with Crippen LogP contribution in [0.15, 0.2) is 0 Å². The highest BCUT2D eigenvalue weighted by atomic mass is 19.3. The van der Waals surface area contributed by atoms with E-state index in [4.69, 9.17) is 5.11 Å². The largest absolute Gasteiger partial charge is 0.477 e. The first-order valence-corrected chi connectivity index (χ1v) is 13.0. The Bertz CT molecular complexity index is 644. The van der Waals surface area contributed by atoms with Gasteiger partial charge < -0.3 is 14.3 Å². The lowest BCUT2D eigenvalue weighted by Crippen LogP contribution is -2.61. The third-order valence-electron chi connectivity index (χ3n) is 6.36. The number of halogens is 6. The van der Waals surface area contributed by atoms with Crippen LogP contribution in [0.2, 0.25) is 0 Å². The summed E-state index contributed by atoms with van der Waals surface area (Å²) < 4.78 is 84.3. The Balaban J connectivity index is 4.06. The maximum Gasteiger partial charge on any atom is 0.411 e. The molecule has 0 amide bonds. The molecular formula is C25H44F6NO4+. The van der Waals surface area contributed by atoms with Gasteiger partial charge in [0.25, 0.3) is 0 Å². The first kappa shape index (κ1) is 34.5. The molecule has 0 heterocycles. The SMILES string of the molecule is CCCCCCCCCCCCCCCC[N+](C)(C)CCOC(=O)C(F)(F)C(F)(F)C(F)(F)C(=O)O. The molecule has 0 aliphatic rings. The minimum Gasteiger partial charge on any atom is -0.477 e. The quantitative estimate of drug-likeness (QED) is 0.0695. The summed E-state index contributed by atoms with van der Waals surface area (Å²) in [5.74, 6) is -24.9.